The van der Waals surface area contributed by atoms with E-state index in [2.05, 4.69) is 17.3 Å². The lowest BCUT2D eigenvalue weighted by Crippen LogP contribution is -2.21. The van der Waals surface area contributed by atoms with Crippen LogP contribution in [0.15, 0.2) is 39.5 Å². The van der Waals surface area contributed by atoms with Crippen molar-refractivity contribution >= 4 is 22.6 Å². The molecule has 0 atom stereocenters. The minimum atomic E-state index is -0.583. The molecule has 0 radical (unpaired) electrons. The number of hydrogen-bond donors (Lipinski definition) is 0. The van der Waals surface area contributed by atoms with E-state index < -0.39 is 5.97 Å². The van der Waals surface area contributed by atoms with Crippen LogP contribution >= 0.6 is 0 Å². The molecule has 0 unspecified atom stereocenters. The molecule has 0 aliphatic rings. The number of rotatable bonds is 8. The number of nitrogens with zero attached hydrogens (tertiary/aromatic N) is 4. The van der Waals surface area contributed by atoms with E-state index in [1.165, 1.54) is 0 Å². The summed E-state index contributed by atoms with van der Waals surface area (Å²) in [4.78, 5) is 24.9. The van der Waals surface area contributed by atoms with E-state index in [0.29, 0.717) is 17.6 Å². The fourth-order valence-electron chi connectivity index (χ4n) is 2.65. The molecule has 1 aromatic carbocycles. The van der Waals surface area contributed by atoms with Gasteiger partial charge in [-0.25, -0.2) is 4.79 Å². The lowest BCUT2D eigenvalue weighted by Gasteiger charge is -2.13. The Morgan fingerprint density at radius 2 is 2.00 bits per heavy atom. The highest BCUT2D eigenvalue weighted by Gasteiger charge is 2.16. The van der Waals surface area contributed by atoms with E-state index >= 15 is 0 Å². The highest BCUT2D eigenvalue weighted by Crippen LogP contribution is 2.21. The summed E-state index contributed by atoms with van der Waals surface area (Å²) in [5.41, 5.74) is 1.15. The predicted molar refractivity (Wildman–Crippen MR) is 102 cm³/mol. The molecule has 0 bridgehead atoms. The zero-order valence-corrected chi connectivity index (χ0v) is 15.9. The molecule has 1 aromatic heterocycles. The van der Waals surface area contributed by atoms with Crippen LogP contribution in [0.1, 0.15) is 43.5 Å². The summed E-state index contributed by atoms with van der Waals surface area (Å²) in [7, 11) is 3.58. The quantitative estimate of drug-likeness (QED) is 0.310. The third-order valence-corrected chi connectivity index (χ3v) is 3.90. The van der Waals surface area contributed by atoms with Crippen molar-refractivity contribution in [1.82, 2.24) is 9.58 Å². The monoisotopic (exact) mass is 358 g/mol. The summed E-state index contributed by atoms with van der Waals surface area (Å²) in [6, 6.07) is 5.24. The van der Waals surface area contributed by atoms with Gasteiger partial charge in [-0.1, -0.05) is 25.0 Å². The van der Waals surface area contributed by atoms with Gasteiger partial charge in [0.2, 0.25) is 5.43 Å². The lowest BCUT2D eigenvalue weighted by molar-refractivity contribution is 0.0524. The summed E-state index contributed by atoms with van der Waals surface area (Å²) in [5, 5.41) is 10.2. The van der Waals surface area contributed by atoms with E-state index in [9.17, 15) is 9.59 Å². The zero-order valence-electron chi connectivity index (χ0n) is 15.9. The fourth-order valence-corrected chi connectivity index (χ4v) is 2.65. The highest BCUT2D eigenvalue weighted by atomic mass is 16.5. The zero-order chi connectivity index (χ0) is 19.1. The summed E-state index contributed by atoms with van der Waals surface area (Å²) in [6.07, 6.45) is 4.72. The Kier molecular flexibility index (Phi) is 6.89. The second-order valence-corrected chi connectivity index (χ2v) is 6.23. The Labute approximate surface area is 153 Å². The van der Waals surface area contributed by atoms with Crippen molar-refractivity contribution in [2.45, 2.75) is 39.7 Å². The standard InChI is InChI=1S/C19H26N4O3/c1-5-7-8-11-23-13-16(19(25)26-6-2)18(24)15-10-9-14(12-17(15)23)20-21-22(3)4/h9-10,12-13H,5-8,11H2,1-4H3/b21-20+. The largest absolute Gasteiger partial charge is 0.462 e. The van der Waals surface area contributed by atoms with Crippen LogP contribution in [-0.4, -0.2) is 36.2 Å². The van der Waals surface area contributed by atoms with Gasteiger partial charge in [0.25, 0.3) is 0 Å². The smallest absolute Gasteiger partial charge is 0.343 e. The van der Waals surface area contributed by atoms with Crippen molar-refractivity contribution in [1.29, 1.82) is 0 Å². The van der Waals surface area contributed by atoms with Gasteiger partial charge in [-0.05, 0) is 31.5 Å². The van der Waals surface area contributed by atoms with Crippen molar-refractivity contribution in [3.05, 3.63) is 40.2 Å². The topological polar surface area (TPSA) is 76.3 Å². The Balaban J connectivity index is 2.58. The normalized spacial score (nSPS) is 11.2. The summed E-state index contributed by atoms with van der Waals surface area (Å²) in [5.74, 6) is -0.583. The fraction of sp³-hybridized carbons (Fsp3) is 0.474. The Morgan fingerprint density at radius 1 is 1.23 bits per heavy atom. The highest BCUT2D eigenvalue weighted by molar-refractivity contribution is 5.94. The average molecular weight is 358 g/mol. The Morgan fingerprint density at radius 3 is 2.65 bits per heavy atom. The van der Waals surface area contributed by atoms with Gasteiger partial charge < -0.3 is 9.30 Å². The van der Waals surface area contributed by atoms with Crippen LogP contribution in [0.25, 0.3) is 10.9 Å². The number of hydrogen-bond acceptors (Lipinski definition) is 5. The van der Waals surface area contributed by atoms with Crippen LogP contribution in [0.4, 0.5) is 5.69 Å². The minimum absolute atomic E-state index is 0.0681. The first-order valence-electron chi connectivity index (χ1n) is 8.91. The third kappa shape index (κ3) is 4.68. The number of fused-ring (bicyclic) bond motifs is 1. The molecular weight excluding hydrogens is 332 g/mol. The number of benzene rings is 1. The van der Waals surface area contributed by atoms with E-state index in [1.54, 1.807) is 44.4 Å². The number of unbranched alkanes of at least 4 members (excludes halogenated alkanes) is 2. The molecule has 0 fully saturated rings. The first-order valence-corrected chi connectivity index (χ1v) is 8.91. The van der Waals surface area contributed by atoms with Crippen LogP contribution < -0.4 is 5.43 Å². The van der Waals surface area contributed by atoms with Gasteiger partial charge in [0.1, 0.15) is 5.56 Å². The molecule has 0 saturated heterocycles. The van der Waals surface area contributed by atoms with E-state index in [4.69, 9.17) is 4.74 Å². The summed E-state index contributed by atoms with van der Waals surface area (Å²) >= 11 is 0. The molecule has 0 N–H and O–H groups in total. The van der Waals surface area contributed by atoms with Gasteiger partial charge >= 0.3 is 5.97 Å². The first-order chi connectivity index (χ1) is 12.5. The van der Waals surface area contributed by atoms with Crippen LogP contribution in [-0.2, 0) is 11.3 Å². The minimum Gasteiger partial charge on any atom is -0.462 e. The van der Waals surface area contributed by atoms with Crippen molar-refractivity contribution in [2.75, 3.05) is 20.7 Å². The predicted octanol–water partition coefficient (Wildman–Crippen LogP) is 3.93. The second kappa shape index (κ2) is 9.12. The number of aromatic nitrogens is 1. The molecule has 0 spiro atoms. The summed E-state index contributed by atoms with van der Waals surface area (Å²) in [6.45, 7) is 4.80. The number of esters is 1. The number of pyridine rings is 1. The molecular formula is C19H26N4O3. The molecule has 0 aliphatic heterocycles. The molecule has 0 amide bonds. The molecule has 1 heterocycles. The number of aryl methyl sites for hydroxylation is 1. The maximum Gasteiger partial charge on any atom is 0.343 e. The van der Waals surface area contributed by atoms with E-state index in [-0.39, 0.29) is 17.6 Å². The van der Waals surface area contributed by atoms with Gasteiger partial charge in [0.15, 0.2) is 0 Å². The summed E-state index contributed by atoms with van der Waals surface area (Å²) < 4.78 is 6.97. The Bertz CT molecular complexity index is 856. The first kappa shape index (κ1) is 19.6. The maximum atomic E-state index is 12.7. The van der Waals surface area contributed by atoms with Gasteiger partial charge in [0.05, 0.1) is 17.8 Å². The number of carbonyl (C=O) groups excluding carboxylic acids is 1. The van der Waals surface area contributed by atoms with Gasteiger partial charge in [-0.2, -0.15) is 0 Å². The van der Waals surface area contributed by atoms with E-state index in [0.717, 1.165) is 24.8 Å². The van der Waals surface area contributed by atoms with Crippen LogP contribution in [0, 0.1) is 0 Å². The van der Waals surface area contributed by atoms with Crippen molar-refractivity contribution < 1.29 is 9.53 Å². The average Bonchev–Trinajstić information content (AvgIpc) is 2.62. The van der Waals surface area contributed by atoms with Gasteiger partial charge in [-0.15, -0.1) is 5.11 Å². The molecule has 7 nitrogen and oxygen atoms in total. The van der Waals surface area contributed by atoms with Crippen LogP contribution in [0.2, 0.25) is 0 Å². The SMILES string of the molecule is CCCCCn1cc(C(=O)OCC)c(=O)c2ccc(/N=N/N(C)C)cc21. The lowest BCUT2D eigenvalue weighted by atomic mass is 10.1. The van der Waals surface area contributed by atoms with Crippen molar-refractivity contribution in [3.8, 4) is 0 Å². The number of ether oxygens (including phenoxy) is 1. The van der Waals surface area contributed by atoms with Gasteiger partial charge in [-0.3, -0.25) is 9.80 Å². The third-order valence-electron chi connectivity index (χ3n) is 3.90. The van der Waals surface area contributed by atoms with Crippen molar-refractivity contribution in [3.63, 3.8) is 0 Å². The molecule has 2 aromatic rings. The van der Waals surface area contributed by atoms with Gasteiger partial charge in [0, 0.05) is 32.2 Å². The van der Waals surface area contributed by atoms with Crippen LogP contribution in [0.5, 0.6) is 0 Å². The van der Waals surface area contributed by atoms with Crippen LogP contribution in [0.3, 0.4) is 0 Å². The molecule has 26 heavy (non-hydrogen) atoms. The molecule has 7 heteroatoms. The maximum absolute atomic E-state index is 12.7. The molecule has 0 aliphatic carbocycles. The second-order valence-electron chi connectivity index (χ2n) is 6.23. The molecule has 2 rings (SSSR count). The molecule has 0 saturated carbocycles. The number of carbonyl (C=O) groups is 1. The van der Waals surface area contributed by atoms with E-state index in [1.807, 2.05) is 10.6 Å². The van der Waals surface area contributed by atoms with Crippen molar-refractivity contribution in [2.24, 2.45) is 10.3 Å². The molecule has 140 valence electrons. The Hall–Kier alpha value is -2.70.